The van der Waals surface area contributed by atoms with Crippen LogP contribution in [0.2, 0.25) is 0 Å². The Morgan fingerprint density at radius 2 is 1.93 bits per heavy atom. The molecule has 0 aromatic carbocycles. The zero-order valence-corrected chi connectivity index (χ0v) is 10.3. The van der Waals surface area contributed by atoms with Crippen molar-refractivity contribution in [3.8, 4) is 0 Å². The SMILES string of the molecule is CCCCCC(C)(CC(=O)O)NCCC. The summed E-state index contributed by atoms with van der Waals surface area (Å²) in [7, 11) is 0. The first-order valence-electron chi connectivity index (χ1n) is 6.01. The van der Waals surface area contributed by atoms with Crippen molar-refractivity contribution in [2.24, 2.45) is 0 Å². The maximum Gasteiger partial charge on any atom is 0.305 e. The summed E-state index contributed by atoms with van der Waals surface area (Å²) >= 11 is 0. The summed E-state index contributed by atoms with van der Waals surface area (Å²) < 4.78 is 0. The number of carboxylic acid groups (broad SMARTS) is 1. The molecule has 0 saturated carbocycles. The normalized spacial score (nSPS) is 14.9. The largest absolute Gasteiger partial charge is 0.481 e. The van der Waals surface area contributed by atoms with Crippen molar-refractivity contribution in [1.29, 1.82) is 0 Å². The van der Waals surface area contributed by atoms with E-state index in [1.165, 1.54) is 12.8 Å². The minimum Gasteiger partial charge on any atom is -0.481 e. The lowest BCUT2D eigenvalue weighted by Gasteiger charge is -2.29. The molecule has 0 fully saturated rings. The molecule has 3 heteroatoms. The summed E-state index contributed by atoms with van der Waals surface area (Å²) in [5.74, 6) is -0.711. The van der Waals surface area contributed by atoms with Gasteiger partial charge in [0.2, 0.25) is 0 Å². The number of hydrogen-bond donors (Lipinski definition) is 2. The maximum absolute atomic E-state index is 10.8. The molecular formula is C12H25NO2. The van der Waals surface area contributed by atoms with Crippen molar-refractivity contribution in [3.05, 3.63) is 0 Å². The lowest BCUT2D eigenvalue weighted by molar-refractivity contribution is -0.138. The van der Waals surface area contributed by atoms with E-state index < -0.39 is 5.97 Å². The fourth-order valence-corrected chi connectivity index (χ4v) is 1.76. The minimum atomic E-state index is -0.711. The van der Waals surface area contributed by atoms with Crippen LogP contribution in [0.1, 0.15) is 59.3 Å². The van der Waals surface area contributed by atoms with Crippen LogP contribution in [0.15, 0.2) is 0 Å². The summed E-state index contributed by atoms with van der Waals surface area (Å²) in [5.41, 5.74) is -0.225. The first-order valence-corrected chi connectivity index (χ1v) is 6.01. The second-order valence-corrected chi connectivity index (χ2v) is 4.52. The summed E-state index contributed by atoms with van der Waals surface area (Å²) in [6.07, 6.45) is 5.68. The first kappa shape index (κ1) is 14.4. The van der Waals surface area contributed by atoms with Crippen LogP contribution in [0.5, 0.6) is 0 Å². The molecule has 0 heterocycles. The Labute approximate surface area is 93.3 Å². The first-order chi connectivity index (χ1) is 7.04. The van der Waals surface area contributed by atoms with Gasteiger partial charge in [0.25, 0.3) is 0 Å². The Hall–Kier alpha value is -0.570. The van der Waals surface area contributed by atoms with Crippen LogP contribution in [-0.2, 0) is 4.79 Å². The predicted molar refractivity (Wildman–Crippen MR) is 63.1 cm³/mol. The number of carboxylic acids is 1. The molecule has 0 spiro atoms. The topological polar surface area (TPSA) is 49.3 Å². The van der Waals surface area contributed by atoms with Gasteiger partial charge in [0.1, 0.15) is 0 Å². The number of nitrogens with one attached hydrogen (secondary N) is 1. The third kappa shape index (κ3) is 7.37. The number of rotatable bonds is 9. The Morgan fingerprint density at radius 3 is 2.40 bits per heavy atom. The summed E-state index contributed by atoms with van der Waals surface area (Å²) in [6, 6.07) is 0. The van der Waals surface area contributed by atoms with E-state index in [1.807, 2.05) is 6.92 Å². The van der Waals surface area contributed by atoms with Crippen LogP contribution in [0.4, 0.5) is 0 Å². The Morgan fingerprint density at radius 1 is 1.27 bits per heavy atom. The van der Waals surface area contributed by atoms with Gasteiger partial charge in [-0.1, -0.05) is 33.1 Å². The van der Waals surface area contributed by atoms with Gasteiger partial charge in [-0.15, -0.1) is 0 Å². The van der Waals surface area contributed by atoms with Crippen molar-refractivity contribution in [2.45, 2.75) is 64.8 Å². The van der Waals surface area contributed by atoms with E-state index >= 15 is 0 Å². The molecule has 0 aliphatic rings. The van der Waals surface area contributed by atoms with Crippen molar-refractivity contribution in [2.75, 3.05) is 6.54 Å². The number of unbranched alkanes of at least 4 members (excludes halogenated alkanes) is 2. The van der Waals surface area contributed by atoms with Gasteiger partial charge < -0.3 is 10.4 Å². The van der Waals surface area contributed by atoms with Crippen LogP contribution in [0, 0.1) is 0 Å². The molecule has 2 N–H and O–H groups in total. The Balaban J connectivity index is 4.07. The van der Waals surface area contributed by atoms with Crippen LogP contribution in [0.3, 0.4) is 0 Å². The average Bonchev–Trinajstić information content (AvgIpc) is 2.14. The smallest absolute Gasteiger partial charge is 0.305 e. The van der Waals surface area contributed by atoms with E-state index in [-0.39, 0.29) is 12.0 Å². The molecule has 0 bridgehead atoms. The van der Waals surface area contributed by atoms with E-state index in [9.17, 15) is 4.79 Å². The number of carbonyl (C=O) groups is 1. The highest BCUT2D eigenvalue weighted by molar-refractivity contribution is 5.68. The molecule has 90 valence electrons. The van der Waals surface area contributed by atoms with Gasteiger partial charge in [-0.25, -0.2) is 0 Å². The molecule has 1 atom stereocenters. The molecule has 1 unspecified atom stereocenters. The van der Waals surface area contributed by atoms with Crippen molar-refractivity contribution >= 4 is 5.97 Å². The zero-order valence-electron chi connectivity index (χ0n) is 10.3. The standard InChI is InChI=1S/C12H25NO2/c1-4-6-7-8-12(3,10-11(14)15)13-9-5-2/h13H,4-10H2,1-3H3,(H,14,15). The maximum atomic E-state index is 10.8. The molecule has 0 aromatic heterocycles. The van der Waals surface area contributed by atoms with Gasteiger partial charge in [-0.3, -0.25) is 4.79 Å². The number of hydrogen-bond acceptors (Lipinski definition) is 2. The zero-order chi connectivity index (χ0) is 11.7. The van der Waals surface area contributed by atoms with Crippen LogP contribution < -0.4 is 5.32 Å². The van der Waals surface area contributed by atoms with Crippen molar-refractivity contribution < 1.29 is 9.90 Å². The molecule has 15 heavy (non-hydrogen) atoms. The highest BCUT2D eigenvalue weighted by atomic mass is 16.4. The molecule has 0 aliphatic carbocycles. The Kier molecular flexibility index (Phi) is 7.39. The second kappa shape index (κ2) is 7.69. The molecule has 0 radical (unpaired) electrons. The summed E-state index contributed by atoms with van der Waals surface area (Å²) in [5, 5.41) is 12.2. The van der Waals surface area contributed by atoms with E-state index in [2.05, 4.69) is 19.2 Å². The summed E-state index contributed by atoms with van der Waals surface area (Å²) in [4.78, 5) is 10.8. The fourth-order valence-electron chi connectivity index (χ4n) is 1.76. The highest BCUT2D eigenvalue weighted by Crippen LogP contribution is 2.18. The molecule has 0 aromatic rings. The third-order valence-corrected chi connectivity index (χ3v) is 2.68. The molecule has 0 saturated heterocycles. The van der Waals surface area contributed by atoms with Gasteiger partial charge >= 0.3 is 5.97 Å². The third-order valence-electron chi connectivity index (χ3n) is 2.68. The van der Waals surface area contributed by atoms with Crippen LogP contribution in [0.25, 0.3) is 0 Å². The average molecular weight is 215 g/mol. The predicted octanol–water partition coefficient (Wildman–Crippen LogP) is 2.80. The van der Waals surface area contributed by atoms with Gasteiger partial charge in [0.15, 0.2) is 0 Å². The van der Waals surface area contributed by atoms with Gasteiger partial charge in [-0.2, -0.15) is 0 Å². The lowest BCUT2D eigenvalue weighted by atomic mass is 9.90. The molecule has 0 aliphatic heterocycles. The van der Waals surface area contributed by atoms with Gasteiger partial charge in [0.05, 0.1) is 6.42 Å². The van der Waals surface area contributed by atoms with E-state index in [4.69, 9.17) is 5.11 Å². The van der Waals surface area contributed by atoms with Crippen molar-refractivity contribution in [3.63, 3.8) is 0 Å². The molecule has 0 rings (SSSR count). The van der Waals surface area contributed by atoms with Gasteiger partial charge in [0, 0.05) is 5.54 Å². The van der Waals surface area contributed by atoms with E-state index in [0.717, 1.165) is 25.8 Å². The van der Waals surface area contributed by atoms with Gasteiger partial charge in [-0.05, 0) is 26.3 Å². The quantitative estimate of drug-likeness (QED) is 0.581. The monoisotopic (exact) mass is 215 g/mol. The number of aliphatic carboxylic acids is 1. The Bertz CT molecular complexity index is 182. The second-order valence-electron chi connectivity index (χ2n) is 4.52. The van der Waals surface area contributed by atoms with Crippen molar-refractivity contribution in [1.82, 2.24) is 5.32 Å². The van der Waals surface area contributed by atoms with Crippen LogP contribution in [-0.4, -0.2) is 23.2 Å². The fraction of sp³-hybridized carbons (Fsp3) is 0.917. The molecule has 3 nitrogen and oxygen atoms in total. The highest BCUT2D eigenvalue weighted by Gasteiger charge is 2.25. The lowest BCUT2D eigenvalue weighted by Crippen LogP contribution is -2.44. The van der Waals surface area contributed by atoms with E-state index in [0.29, 0.717) is 0 Å². The molecular weight excluding hydrogens is 190 g/mol. The summed E-state index contributed by atoms with van der Waals surface area (Å²) in [6.45, 7) is 7.18. The van der Waals surface area contributed by atoms with E-state index in [1.54, 1.807) is 0 Å². The minimum absolute atomic E-state index is 0.219. The molecule has 0 amide bonds. The van der Waals surface area contributed by atoms with Crippen LogP contribution >= 0.6 is 0 Å².